The van der Waals surface area contributed by atoms with E-state index in [0.717, 1.165) is 12.3 Å². The van der Waals surface area contributed by atoms with E-state index < -0.39 is 11.9 Å². The van der Waals surface area contributed by atoms with Crippen molar-refractivity contribution in [3.05, 3.63) is 29.1 Å². The second kappa shape index (κ2) is 3.33. The van der Waals surface area contributed by atoms with Crippen molar-refractivity contribution in [3.63, 3.8) is 0 Å². The number of hydrogen-bond donors (Lipinski definition) is 1. The zero-order chi connectivity index (χ0) is 10.1. The molecule has 0 saturated heterocycles. The number of nitrogens with zero attached hydrogens (tertiary/aromatic N) is 1. The molecule has 0 aromatic carbocycles. The molecule has 13 heavy (non-hydrogen) atoms. The highest BCUT2D eigenvalue weighted by molar-refractivity contribution is 5.26. The Morgan fingerprint density at radius 2 is 2.08 bits per heavy atom. The van der Waals surface area contributed by atoms with Gasteiger partial charge in [0, 0.05) is 12.7 Å². The molecule has 0 radical (unpaired) electrons. The van der Waals surface area contributed by atoms with Crippen molar-refractivity contribution in [2.45, 2.75) is 19.6 Å². The van der Waals surface area contributed by atoms with Gasteiger partial charge in [0.05, 0.1) is 0 Å². The SMILES string of the molecule is Cc1cc(C(F)(F)F)ncc1CN. The lowest BCUT2D eigenvalue weighted by molar-refractivity contribution is -0.141. The third-order valence-corrected chi connectivity index (χ3v) is 1.73. The summed E-state index contributed by atoms with van der Waals surface area (Å²) in [4.78, 5) is 3.28. The van der Waals surface area contributed by atoms with E-state index >= 15 is 0 Å². The average Bonchev–Trinajstić information content (AvgIpc) is 2.02. The first-order chi connectivity index (χ1) is 5.95. The van der Waals surface area contributed by atoms with Crippen LogP contribution >= 0.6 is 0 Å². The number of rotatable bonds is 1. The number of nitrogens with two attached hydrogens (primary N) is 1. The van der Waals surface area contributed by atoms with Gasteiger partial charge in [0.15, 0.2) is 0 Å². The van der Waals surface area contributed by atoms with Crippen LogP contribution in [0.2, 0.25) is 0 Å². The van der Waals surface area contributed by atoms with Gasteiger partial charge in [0.2, 0.25) is 0 Å². The van der Waals surface area contributed by atoms with Crippen LogP contribution in [0.4, 0.5) is 13.2 Å². The van der Waals surface area contributed by atoms with E-state index in [1.165, 1.54) is 0 Å². The minimum absolute atomic E-state index is 0.205. The number of pyridine rings is 1. The van der Waals surface area contributed by atoms with Gasteiger partial charge in [-0.15, -0.1) is 0 Å². The van der Waals surface area contributed by atoms with E-state index in [9.17, 15) is 13.2 Å². The van der Waals surface area contributed by atoms with Crippen LogP contribution in [-0.4, -0.2) is 4.98 Å². The lowest BCUT2D eigenvalue weighted by atomic mass is 10.1. The van der Waals surface area contributed by atoms with Crippen molar-refractivity contribution >= 4 is 0 Å². The van der Waals surface area contributed by atoms with E-state index in [1.807, 2.05) is 0 Å². The second-order valence-electron chi connectivity index (χ2n) is 2.70. The summed E-state index contributed by atoms with van der Waals surface area (Å²) in [6.07, 6.45) is -3.21. The lowest BCUT2D eigenvalue weighted by Gasteiger charge is -2.08. The molecule has 0 atom stereocenters. The van der Waals surface area contributed by atoms with Gasteiger partial charge in [0.25, 0.3) is 0 Å². The summed E-state index contributed by atoms with van der Waals surface area (Å²) in [6, 6.07) is 1.00. The molecule has 1 rings (SSSR count). The highest BCUT2D eigenvalue weighted by Crippen LogP contribution is 2.28. The highest BCUT2D eigenvalue weighted by atomic mass is 19.4. The van der Waals surface area contributed by atoms with Crippen LogP contribution in [0.15, 0.2) is 12.3 Å². The summed E-state index contributed by atoms with van der Waals surface area (Å²) >= 11 is 0. The van der Waals surface area contributed by atoms with Gasteiger partial charge in [-0.25, -0.2) is 0 Å². The van der Waals surface area contributed by atoms with E-state index in [4.69, 9.17) is 5.73 Å². The van der Waals surface area contributed by atoms with Crippen LogP contribution in [0, 0.1) is 6.92 Å². The molecule has 0 aliphatic heterocycles. The van der Waals surface area contributed by atoms with Crippen LogP contribution in [-0.2, 0) is 12.7 Å². The maximum absolute atomic E-state index is 12.1. The van der Waals surface area contributed by atoms with Crippen LogP contribution in [0.5, 0.6) is 0 Å². The monoisotopic (exact) mass is 190 g/mol. The third-order valence-electron chi connectivity index (χ3n) is 1.73. The summed E-state index contributed by atoms with van der Waals surface area (Å²) in [5.74, 6) is 0. The Hall–Kier alpha value is -1.10. The summed E-state index contributed by atoms with van der Waals surface area (Å²) in [6.45, 7) is 1.79. The van der Waals surface area contributed by atoms with Crippen LogP contribution in [0.25, 0.3) is 0 Å². The first-order valence-electron chi connectivity index (χ1n) is 3.68. The number of hydrogen-bond acceptors (Lipinski definition) is 2. The maximum atomic E-state index is 12.1. The second-order valence-corrected chi connectivity index (χ2v) is 2.70. The van der Waals surface area contributed by atoms with Crippen molar-refractivity contribution in [3.8, 4) is 0 Å². The largest absolute Gasteiger partial charge is 0.433 e. The van der Waals surface area contributed by atoms with Crippen molar-refractivity contribution in [1.29, 1.82) is 0 Å². The van der Waals surface area contributed by atoms with Gasteiger partial charge in [-0.3, -0.25) is 4.98 Å². The first kappa shape index (κ1) is 9.98. The minimum atomic E-state index is -4.38. The molecule has 0 aliphatic carbocycles. The molecule has 0 aliphatic rings. The molecular weight excluding hydrogens is 181 g/mol. The summed E-state index contributed by atoms with van der Waals surface area (Å²) in [5, 5.41) is 0. The molecular formula is C8H9F3N2. The van der Waals surface area contributed by atoms with E-state index in [-0.39, 0.29) is 6.54 Å². The fourth-order valence-electron chi connectivity index (χ4n) is 0.953. The minimum Gasteiger partial charge on any atom is -0.326 e. The van der Waals surface area contributed by atoms with Gasteiger partial charge in [-0.2, -0.15) is 13.2 Å². The summed E-state index contributed by atoms with van der Waals surface area (Å²) in [7, 11) is 0. The zero-order valence-corrected chi connectivity index (χ0v) is 7.02. The van der Waals surface area contributed by atoms with Crippen molar-refractivity contribution in [2.75, 3.05) is 0 Å². The summed E-state index contributed by atoms with van der Waals surface area (Å²) in [5.41, 5.74) is 5.57. The Morgan fingerprint density at radius 3 is 2.46 bits per heavy atom. The molecule has 72 valence electrons. The van der Waals surface area contributed by atoms with Crippen molar-refractivity contribution in [2.24, 2.45) is 5.73 Å². The molecule has 0 spiro atoms. The van der Waals surface area contributed by atoms with Crippen LogP contribution in [0.1, 0.15) is 16.8 Å². The molecule has 1 aromatic rings. The molecule has 0 bridgehead atoms. The molecule has 5 heteroatoms. The Labute approximate surface area is 73.6 Å². The molecule has 0 unspecified atom stereocenters. The van der Waals surface area contributed by atoms with Gasteiger partial charge in [0.1, 0.15) is 5.69 Å². The third kappa shape index (κ3) is 2.18. The number of halogens is 3. The predicted molar refractivity (Wildman–Crippen MR) is 41.9 cm³/mol. The van der Waals surface area contributed by atoms with E-state index in [1.54, 1.807) is 6.92 Å². The molecule has 2 nitrogen and oxygen atoms in total. The van der Waals surface area contributed by atoms with Crippen molar-refractivity contribution in [1.82, 2.24) is 4.98 Å². The fourth-order valence-corrected chi connectivity index (χ4v) is 0.953. The predicted octanol–water partition coefficient (Wildman–Crippen LogP) is 1.87. The van der Waals surface area contributed by atoms with E-state index in [0.29, 0.717) is 11.1 Å². The Balaban J connectivity index is 3.10. The number of aromatic nitrogens is 1. The Bertz CT molecular complexity index is 307. The van der Waals surface area contributed by atoms with Crippen molar-refractivity contribution < 1.29 is 13.2 Å². The van der Waals surface area contributed by atoms with Gasteiger partial charge in [-0.1, -0.05) is 0 Å². The van der Waals surface area contributed by atoms with Crippen LogP contribution in [0.3, 0.4) is 0 Å². The molecule has 0 amide bonds. The molecule has 0 saturated carbocycles. The quantitative estimate of drug-likeness (QED) is 0.734. The Kier molecular flexibility index (Phi) is 2.56. The maximum Gasteiger partial charge on any atom is 0.433 e. The topological polar surface area (TPSA) is 38.9 Å². The lowest BCUT2D eigenvalue weighted by Crippen LogP contribution is -2.10. The fraction of sp³-hybridized carbons (Fsp3) is 0.375. The standard InChI is InChI=1S/C8H9F3N2/c1-5-2-7(8(9,10)11)13-4-6(5)3-12/h2,4H,3,12H2,1H3. The molecule has 1 aromatic heterocycles. The smallest absolute Gasteiger partial charge is 0.326 e. The van der Waals surface area contributed by atoms with Gasteiger partial charge in [-0.05, 0) is 24.1 Å². The molecule has 1 heterocycles. The number of aryl methyl sites for hydroxylation is 1. The molecule has 2 N–H and O–H groups in total. The van der Waals surface area contributed by atoms with Gasteiger partial charge < -0.3 is 5.73 Å². The average molecular weight is 190 g/mol. The van der Waals surface area contributed by atoms with Crippen LogP contribution < -0.4 is 5.73 Å². The van der Waals surface area contributed by atoms with E-state index in [2.05, 4.69) is 4.98 Å². The molecule has 0 fully saturated rings. The zero-order valence-electron chi connectivity index (χ0n) is 7.02. The van der Waals surface area contributed by atoms with Gasteiger partial charge >= 0.3 is 6.18 Å². The normalized spacial score (nSPS) is 11.8. The highest BCUT2D eigenvalue weighted by Gasteiger charge is 2.32. The first-order valence-corrected chi connectivity index (χ1v) is 3.68. The summed E-state index contributed by atoms with van der Waals surface area (Å²) < 4.78 is 36.3. The number of alkyl halides is 3. The Morgan fingerprint density at radius 1 is 1.46 bits per heavy atom.